The van der Waals surface area contributed by atoms with Crippen LogP contribution in [0.25, 0.3) is 0 Å². The summed E-state index contributed by atoms with van der Waals surface area (Å²) in [5.41, 5.74) is 0.233. The number of nitrogens with zero attached hydrogens (tertiary/aromatic N) is 1. The van der Waals surface area contributed by atoms with E-state index in [-0.39, 0.29) is 22.7 Å². The number of rotatable bonds is 3. The molecule has 1 aliphatic rings. The average molecular weight is 220 g/mol. The normalized spacial score (nSPS) is 16.6. The van der Waals surface area contributed by atoms with Crippen LogP contribution in [-0.2, 0) is 0 Å². The van der Waals surface area contributed by atoms with Crippen LogP contribution < -0.4 is 5.32 Å². The molecule has 1 aliphatic carbocycles. The van der Waals surface area contributed by atoms with E-state index in [1.165, 1.54) is 18.3 Å². The molecule has 0 bridgehead atoms. The van der Waals surface area contributed by atoms with Crippen LogP contribution in [0.3, 0.4) is 0 Å². The van der Waals surface area contributed by atoms with Crippen LogP contribution in [0.5, 0.6) is 0 Å². The van der Waals surface area contributed by atoms with Gasteiger partial charge < -0.3 is 10.4 Å². The summed E-state index contributed by atoms with van der Waals surface area (Å²) in [6.07, 6.45) is 3.14. The zero-order valence-corrected chi connectivity index (χ0v) is 8.86. The molecule has 0 saturated heterocycles. The molecule has 0 unspecified atom stereocenters. The van der Waals surface area contributed by atoms with Gasteiger partial charge in [0.05, 0.1) is 5.56 Å². The number of hydrogen-bond acceptors (Lipinski definition) is 3. The Kier molecular flexibility index (Phi) is 2.38. The number of aromatic carboxylic acids is 1. The molecule has 0 aromatic carbocycles. The molecular weight excluding hydrogens is 208 g/mol. The van der Waals surface area contributed by atoms with Crippen LogP contribution in [0.2, 0.25) is 0 Å². The summed E-state index contributed by atoms with van der Waals surface area (Å²) in [4.78, 5) is 26.1. The highest BCUT2D eigenvalue weighted by atomic mass is 16.4. The molecule has 0 atom stereocenters. The van der Waals surface area contributed by atoms with Crippen LogP contribution in [-0.4, -0.2) is 27.5 Å². The van der Waals surface area contributed by atoms with Crippen LogP contribution in [0, 0.1) is 0 Å². The zero-order chi connectivity index (χ0) is 11.8. The molecule has 1 saturated carbocycles. The van der Waals surface area contributed by atoms with Crippen molar-refractivity contribution in [1.29, 1.82) is 0 Å². The minimum absolute atomic E-state index is 0.0779. The number of pyridine rings is 1. The maximum absolute atomic E-state index is 11.7. The van der Waals surface area contributed by atoms with Gasteiger partial charge in [-0.1, -0.05) is 0 Å². The maximum Gasteiger partial charge on any atom is 0.337 e. The van der Waals surface area contributed by atoms with E-state index in [0.717, 1.165) is 12.8 Å². The summed E-state index contributed by atoms with van der Waals surface area (Å²) in [5.74, 6) is -1.30. The van der Waals surface area contributed by atoms with Gasteiger partial charge in [-0.3, -0.25) is 9.78 Å². The van der Waals surface area contributed by atoms with Crippen molar-refractivity contribution < 1.29 is 14.7 Å². The second-order valence-corrected chi connectivity index (χ2v) is 4.25. The molecule has 1 amide bonds. The third-order valence-electron chi connectivity index (χ3n) is 2.66. The summed E-state index contributed by atoms with van der Waals surface area (Å²) in [7, 11) is 0. The first-order valence-electron chi connectivity index (χ1n) is 5.02. The van der Waals surface area contributed by atoms with Gasteiger partial charge in [0.25, 0.3) is 5.91 Å². The Bertz CT molecular complexity index is 435. The van der Waals surface area contributed by atoms with Gasteiger partial charge in [-0.05, 0) is 31.9 Å². The van der Waals surface area contributed by atoms with E-state index in [4.69, 9.17) is 5.11 Å². The van der Waals surface area contributed by atoms with E-state index in [9.17, 15) is 9.59 Å². The number of carboxylic acid groups (broad SMARTS) is 1. The molecule has 5 heteroatoms. The van der Waals surface area contributed by atoms with Crippen LogP contribution in [0.15, 0.2) is 18.3 Å². The Morgan fingerprint density at radius 2 is 2.12 bits per heavy atom. The summed E-state index contributed by atoms with van der Waals surface area (Å²) in [6.45, 7) is 1.97. The molecule has 0 spiro atoms. The molecule has 1 heterocycles. The number of aromatic nitrogens is 1. The Balaban J connectivity index is 2.09. The lowest BCUT2D eigenvalue weighted by Crippen LogP contribution is -2.34. The average Bonchev–Trinajstić information content (AvgIpc) is 2.96. The standard InChI is InChI=1S/C11H12N2O3/c1-11(4-5-11)13-9(14)8-3-2-7(6-12-8)10(15)16/h2-3,6H,4-5H2,1H3,(H,13,14)(H,15,16). The van der Waals surface area contributed by atoms with Crippen molar-refractivity contribution in [1.82, 2.24) is 10.3 Å². The van der Waals surface area contributed by atoms with Gasteiger partial charge in [0.15, 0.2) is 0 Å². The summed E-state index contributed by atoms with van der Waals surface area (Å²) < 4.78 is 0. The summed E-state index contributed by atoms with van der Waals surface area (Å²) >= 11 is 0. The highest BCUT2D eigenvalue weighted by Crippen LogP contribution is 2.34. The second-order valence-electron chi connectivity index (χ2n) is 4.25. The fourth-order valence-electron chi connectivity index (χ4n) is 1.31. The van der Waals surface area contributed by atoms with E-state index in [0.29, 0.717) is 0 Å². The molecular formula is C11H12N2O3. The third-order valence-corrected chi connectivity index (χ3v) is 2.66. The van der Waals surface area contributed by atoms with Crippen molar-refractivity contribution in [2.75, 3.05) is 0 Å². The molecule has 5 nitrogen and oxygen atoms in total. The molecule has 2 N–H and O–H groups in total. The Morgan fingerprint density at radius 1 is 1.44 bits per heavy atom. The fourth-order valence-corrected chi connectivity index (χ4v) is 1.31. The molecule has 1 fully saturated rings. The van der Waals surface area contributed by atoms with Gasteiger partial charge in [-0.25, -0.2) is 4.79 Å². The molecule has 1 aromatic heterocycles. The van der Waals surface area contributed by atoms with Crippen LogP contribution in [0.4, 0.5) is 0 Å². The monoisotopic (exact) mass is 220 g/mol. The number of carbonyl (C=O) groups is 2. The van der Waals surface area contributed by atoms with E-state index in [1.54, 1.807) is 0 Å². The Labute approximate surface area is 92.5 Å². The van der Waals surface area contributed by atoms with Gasteiger partial charge in [0, 0.05) is 11.7 Å². The predicted octanol–water partition coefficient (Wildman–Crippen LogP) is 1.06. The highest BCUT2D eigenvalue weighted by molar-refractivity contribution is 5.94. The molecule has 2 rings (SSSR count). The minimum atomic E-state index is -1.05. The largest absolute Gasteiger partial charge is 0.478 e. The Hall–Kier alpha value is -1.91. The highest BCUT2D eigenvalue weighted by Gasteiger charge is 2.38. The first kappa shape index (κ1) is 10.6. The van der Waals surface area contributed by atoms with Crippen molar-refractivity contribution in [2.45, 2.75) is 25.3 Å². The number of nitrogens with one attached hydrogen (secondary N) is 1. The molecule has 16 heavy (non-hydrogen) atoms. The topological polar surface area (TPSA) is 79.3 Å². The quantitative estimate of drug-likeness (QED) is 0.798. The van der Waals surface area contributed by atoms with Gasteiger partial charge in [0.1, 0.15) is 5.69 Å². The number of hydrogen-bond donors (Lipinski definition) is 2. The van der Waals surface area contributed by atoms with Gasteiger partial charge in [-0.2, -0.15) is 0 Å². The zero-order valence-electron chi connectivity index (χ0n) is 8.86. The van der Waals surface area contributed by atoms with E-state index in [2.05, 4.69) is 10.3 Å². The van der Waals surface area contributed by atoms with Crippen LogP contribution in [0.1, 0.15) is 40.6 Å². The molecule has 0 aliphatic heterocycles. The molecule has 0 radical (unpaired) electrons. The first-order valence-corrected chi connectivity index (χ1v) is 5.02. The smallest absolute Gasteiger partial charge is 0.337 e. The van der Waals surface area contributed by atoms with E-state index in [1.807, 2.05) is 6.92 Å². The van der Waals surface area contributed by atoms with Crippen molar-refractivity contribution in [3.63, 3.8) is 0 Å². The van der Waals surface area contributed by atoms with Crippen molar-refractivity contribution in [3.05, 3.63) is 29.6 Å². The van der Waals surface area contributed by atoms with Crippen LogP contribution >= 0.6 is 0 Å². The lowest BCUT2D eigenvalue weighted by atomic mass is 10.2. The van der Waals surface area contributed by atoms with E-state index >= 15 is 0 Å². The third kappa shape index (κ3) is 2.18. The molecule has 1 aromatic rings. The first-order chi connectivity index (χ1) is 7.50. The van der Waals surface area contributed by atoms with Gasteiger partial charge in [0.2, 0.25) is 0 Å². The maximum atomic E-state index is 11.7. The van der Waals surface area contributed by atoms with Crippen molar-refractivity contribution >= 4 is 11.9 Å². The second kappa shape index (κ2) is 3.59. The van der Waals surface area contributed by atoms with Crippen molar-refractivity contribution in [2.24, 2.45) is 0 Å². The van der Waals surface area contributed by atoms with Gasteiger partial charge in [-0.15, -0.1) is 0 Å². The summed E-state index contributed by atoms with van der Waals surface area (Å²) in [5, 5.41) is 11.5. The predicted molar refractivity (Wildman–Crippen MR) is 56.3 cm³/mol. The lowest BCUT2D eigenvalue weighted by molar-refractivity contribution is 0.0695. The lowest BCUT2D eigenvalue weighted by Gasteiger charge is -2.10. The van der Waals surface area contributed by atoms with Crippen molar-refractivity contribution in [3.8, 4) is 0 Å². The van der Waals surface area contributed by atoms with E-state index < -0.39 is 5.97 Å². The number of amides is 1. The SMILES string of the molecule is CC1(NC(=O)c2ccc(C(=O)O)cn2)CC1. The molecule has 84 valence electrons. The fraction of sp³-hybridized carbons (Fsp3) is 0.364. The number of carbonyl (C=O) groups excluding carboxylic acids is 1. The van der Waals surface area contributed by atoms with Gasteiger partial charge >= 0.3 is 5.97 Å². The minimum Gasteiger partial charge on any atom is -0.478 e. The summed E-state index contributed by atoms with van der Waals surface area (Å²) in [6, 6.07) is 2.80. The number of carboxylic acids is 1. The Morgan fingerprint density at radius 3 is 2.56 bits per heavy atom.